The SMILES string of the molecule is CCCc1n[nH]c(=S)n1CC1CCCOC1. The monoisotopic (exact) mass is 241 g/mol. The Morgan fingerprint density at radius 1 is 1.62 bits per heavy atom. The van der Waals surface area contributed by atoms with Crippen molar-refractivity contribution in [1.29, 1.82) is 0 Å². The number of nitrogens with zero attached hydrogens (tertiary/aromatic N) is 2. The van der Waals surface area contributed by atoms with Gasteiger partial charge in [0.2, 0.25) is 0 Å². The third kappa shape index (κ3) is 2.71. The molecule has 4 nitrogen and oxygen atoms in total. The molecule has 1 unspecified atom stereocenters. The fourth-order valence-corrected chi connectivity index (χ4v) is 2.39. The molecule has 0 aliphatic carbocycles. The summed E-state index contributed by atoms with van der Waals surface area (Å²) in [5.41, 5.74) is 0. The van der Waals surface area contributed by atoms with Crippen LogP contribution >= 0.6 is 12.2 Å². The van der Waals surface area contributed by atoms with Crippen molar-refractivity contribution in [3.05, 3.63) is 10.6 Å². The van der Waals surface area contributed by atoms with E-state index in [1.54, 1.807) is 0 Å². The van der Waals surface area contributed by atoms with Crippen molar-refractivity contribution in [3.63, 3.8) is 0 Å². The first-order valence-corrected chi connectivity index (χ1v) is 6.44. The quantitative estimate of drug-likeness (QED) is 0.823. The largest absolute Gasteiger partial charge is 0.381 e. The van der Waals surface area contributed by atoms with E-state index in [9.17, 15) is 0 Å². The molecular weight excluding hydrogens is 222 g/mol. The third-order valence-corrected chi connectivity index (χ3v) is 3.32. The van der Waals surface area contributed by atoms with E-state index >= 15 is 0 Å². The van der Waals surface area contributed by atoms with Crippen molar-refractivity contribution in [2.75, 3.05) is 13.2 Å². The number of nitrogens with one attached hydrogen (secondary N) is 1. The zero-order chi connectivity index (χ0) is 11.4. The predicted molar refractivity (Wildman–Crippen MR) is 64.9 cm³/mol. The van der Waals surface area contributed by atoms with Crippen LogP contribution in [0.2, 0.25) is 0 Å². The van der Waals surface area contributed by atoms with Crippen LogP contribution in [0.25, 0.3) is 0 Å². The molecule has 1 aromatic heterocycles. The third-order valence-electron chi connectivity index (χ3n) is 3.01. The number of aromatic nitrogens is 3. The minimum absolute atomic E-state index is 0.591. The lowest BCUT2D eigenvalue weighted by atomic mass is 10.0. The molecule has 0 spiro atoms. The Morgan fingerprint density at radius 2 is 2.50 bits per heavy atom. The molecule has 0 amide bonds. The van der Waals surface area contributed by atoms with Gasteiger partial charge in [-0.1, -0.05) is 6.92 Å². The fraction of sp³-hybridized carbons (Fsp3) is 0.818. The van der Waals surface area contributed by atoms with E-state index in [1.807, 2.05) is 0 Å². The molecule has 5 heteroatoms. The molecule has 16 heavy (non-hydrogen) atoms. The summed E-state index contributed by atoms with van der Waals surface area (Å²) >= 11 is 5.26. The van der Waals surface area contributed by atoms with Crippen molar-refractivity contribution in [3.8, 4) is 0 Å². The van der Waals surface area contributed by atoms with Crippen molar-refractivity contribution in [2.45, 2.75) is 39.2 Å². The van der Waals surface area contributed by atoms with E-state index in [0.29, 0.717) is 5.92 Å². The molecule has 1 atom stereocenters. The summed E-state index contributed by atoms with van der Waals surface area (Å²) in [6, 6.07) is 0. The molecule has 1 saturated heterocycles. The molecule has 1 N–H and O–H groups in total. The van der Waals surface area contributed by atoms with E-state index in [2.05, 4.69) is 21.7 Å². The molecule has 1 aliphatic rings. The molecule has 0 saturated carbocycles. The summed E-state index contributed by atoms with van der Waals surface area (Å²) < 4.78 is 8.37. The first-order valence-electron chi connectivity index (χ1n) is 6.03. The second-order valence-corrected chi connectivity index (χ2v) is 4.78. The Bertz CT molecular complexity index is 379. The number of aromatic amines is 1. The van der Waals surface area contributed by atoms with Crippen LogP contribution in [0.3, 0.4) is 0 Å². The molecule has 1 aliphatic heterocycles. The standard InChI is InChI=1S/C11H19N3OS/c1-2-4-10-12-13-11(16)14(10)7-9-5-3-6-15-8-9/h9H,2-8H2,1H3,(H,13,16). The molecule has 2 heterocycles. The summed E-state index contributed by atoms with van der Waals surface area (Å²) in [6.07, 6.45) is 4.49. The molecule has 0 bridgehead atoms. The van der Waals surface area contributed by atoms with Gasteiger partial charge in [-0.25, -0.2) is 0 Å². The molecule has 1 fully saturated rings. The lowest BCUT2D eigenvalue weighted by molar-refractivity contribution is 0.0479. The van der Waals surface area contributed by atoms with Gasteiger partial charge in [-0.05, 0) is 31.5 Å². The topological polar surface area (TPSA) is 42.8 Å². The zero-order valence-electron chi connectivity index (χ0n) is 9.74. The van der Waals surface area contributed by atoms with Gasteiger partial charge in [0.25, 0.3) is 0 Å². The number of hydrogen-bond acceptors (Lipinski definition) is 3. The molecule has 90 valence electrons. The summed E-state index contributed by atoms with van der Waals surface area (Å²) in [5, 5.41) is 7.16. The smallest absolute Gasteiger partial charge is 0.195 e. The van der Waals surface area contributed by atoms with E-state index in [-0.39, 0.29) is 0 Å². The maximum absolute atomic E-state index is 5.49. The maximum atomic E-state index is 5.49. The predicted octanol–water partition coefficient (Wildman–Crippen LogP) is 2.32. The Labute approximate surface area is 101 Å². The van der Waals surface area contributed by atoms with Gasteiger partial charge in [0.1, 0.15) is 5.82 Å². The van der Waals surface area contributed by atoms with Gasteiger partial charge in [0.05, 0.1) is 6.61 Å². The summed E-state index contributed by atoms with van der Waals surface area (Å²) in [6.45, 7) is 4.88. The second-order valence-electron chi connectivity index (χ2n) is 4.39. The number of ether oxygens (including phenoxy) is 1. The van der Waals surface area contributed by atoms with Gasteiger partial charge in [0.15, 0.2) is 4.77 Å². The normalized spacial score (nSPS) is 21.2. The second kappa shape index (κ2) is 5.59. The lowest BCUT2D eigenvalue weighted by Crippen LogP contribution is -2.23. The molecule has 1 aromatic rings. The maximum Gasteiger partial charge on any atom is 0.195 e. The molecular formula is C11H19N3OS. The lowest BCUT2D eigenvalue weighted by Gasteiger charge is -2.22. The Kier molecular flexibility index (Phi) is 4.12. The Morgan fingerprint density at radius 3 is 3.19 bits per heavy atom. The van der Waals surface area contributed by atoms with Gasteiger partial charge in [-0.15, -0.1) is 0 Å². The number of H-pyrrole nitrogens is 1. The molecule has 0 radical (unpaired) electrons. The van der Waals surface area contributed by atoms with Gasteiger partial charge < -0.3 is 9.30 Å². The molecule has 0 aromatic carbocycles. The van der Waals surface area contributed by atoms with Crippen LogP contribution in [0.5, 0.6) is 0 Å². The minimum atomic E-state index is 0.591. The van der Waals surface area contributed by atoms with E-state index in [0.717, 1.165) is 43.2 Å². The highest BCUT2D eigenvalue weighted by atomic mass is 32.1. The number of hydrogen-bond donors (Lipinski definition) is 1. The van der Waals surface area contributed by atoms with Crippen LogP contribution in [0, 0.1) is 10.7 Å². The van der Waals surface area contributed by atoms with Gasteiger partial charge in [0, 0.05) is 25.5 Å². The van der Waals surface area contributed by atoms with Gasteiger partial charge in [-0.2, -0.15) is 5.10 Å². The first-order chi connectivity index (χ1) is 7.81. The van der Waals surface area contributed by atoms with E-state index in [1.165, 1.54) is 12.8 Å². The number of rotatable bonds is 4. The summed E-state index contributed by atoms with van der Waals surface area (Å²) in [7, 11) is 0. The summed E-state index contributed by atoms with van der Waals surface area (Å²) in [4.78, 5) is 0. The van der Waals surface area contributed by atoms with E-state index in [4.69, 9.17) is 17.0 Å². The highest BCUT2D eigenvalue weighted by Gasteiger charge is 2.16. The zero-order valence-corrected chi connectivity index (χ0v) is 10.6. The van der Waals surface area contributed by atoms with Crippen LogP contribution in [0.15, 0.2) is 0 Å². The van der Waals surface area contributed by atoms with Crippen LogP contribution < -0.4 is 0 Å². The van der Waals surface area contributed by atoms with Crippen LogP contribution in [-0.4, -0.2) is 28.0 Å². The average molecular weight is 241 g/mol. The van der Waals surface area contributed by atoms with Crippen molar-refractivity contribution >= 4 is 12.2 Å². The molecule has 2 rings (SSSR count). The highest BCUT2D eigenvalue weighted by Crippen LogP contribution is 2.16. The fourth-order valence-electron chi connectivity index (χ4n) is 2.16. The van der Waals surface area contributed by atoms with Crippen LogP contribution in [-0.2, 0) is 17.7 Å². The number of aryl methyl sites for hydroxylation is 1. The van der Waals surface area contributed by atoms with Gasteiger partial charge in [-0.3, -0.25) is 5.10 Å². The van der Waals surface area contributed by atoms with E-state index < -0.39 is 0 Å². The van der Waals surface area contributed by atoms with Crippen molar-refractivity contribution in [1.82, 2.24) is 14.8 Å². The van der Waals surface area contributed by atoms with Gasteiger partial charge >= 0.3 is 0 Å². The first kappa shape index (κ1) is 11.8. The Hall–Kier alpha value is -0.680. The minimum Gasteiger partial charge on any atom is -0.381 e. The highest BCUT2D eigenvalue weighted by molar-refractivity contribution is 7.71. The van der Waals surface area contributed by atoms with Crippen LogP contribution in [0.1, 0.15) is 32.0 Å². The van der Waals surface area contributed by atoms with Crippen LogP contribution in [0.4, 0.5) is 0 Å². The van der Waals surface area contributed by atoms with Crippen molar-refractivity contribution < 1.29 is 4.74 Å². The Balaban J connectivity index is 2.06. The average Bonchev–Trinajstić information content (AvgIpc) is 2.64. The summed E-state index contributed by atoms with van der Waals surface area (Å²) in [5.74, 6) is 1.67. The van der Waals surface area contributed by atoms with Crippen molar-refractivity contribution in [2.24, 2.45) is 5.92 Å².